The topological polar surface area (TPSA) is 74.0 Å². The van der Waals surface area contributed by atoms with E-state index in [9.17, 15) is 9.18 Å². The van der Waals surface area contributed by atoms with Crippen molar-refractivity contribution < 1.29 is 13.9 Å². The zero-order valence-electron chi connectivity index (χ0n) is 23.6. The molecule has 1 aliphatic rings. The van der Waals surface area contributed by atoms with E-state index in [1.165, 1.54) is 23.4 Å². The zero-order chi connectivity index (χ0) is 29.1. The molecule has 3 heterocycles. The van der Waals surface area contributed by atoms with Crippen molar-refractivity contribution in [2.24, 2.45) is 0 Å². The Balaban J connectivity index is 1.43. The number of para-hydroxylation sites is 1. The fourth-order valence-electron chi connectivity index (χ4n) is 5.29. The number of rotatable bonds is 10. The van der Waals surface area contributed by atoms with Crippen molar-refractivity contribution in [2.75, 3.05) is 11.9 Å². The molecule has 0 fully saturated rings. The molecule has 1 atom stereocenters. The Morgan fingerprint density at radius 3 is 2.62 bits per heavy atom. The van der Waals surface area contributed by atoms with Crippen LogP contribution in [0.2, 0.25) is 0 Å². The van der Waals surface area contributed by atoms with Gasteiger partial charge in [0.2, 0.25) is 11.1 Å². The monoisotopic (exact) mass is 581 g/mol. The molecule has 0 aliphatic carbocycles. The molecule has 3 aromatic carbocycles. The van der Waals surface area contributed by atoms with E-state index in [2.05, 4.69) is 47.3 Å². The second-order valence-electron chi connectivity index (χ2n) is 10.3. The van der Waals surface area contributed by atoms with Crippen molar-refractivity contribution >= 4 is 34.6 Å². The highest BCUT2D eigenvalue weighted by Crippen LogP contribution is 2.40. The number of carbonyl (C=O) groups excluding carboxylic acids is 1. The smallest absolute Gasteiger partial charge is 0.338 e. The summed E-state index contributed by atoms with van der Waals surface area (Å²) in [6.45, 7) is 4.96. The number of halogens is 1. The van der Waals surface area contributed by atoms with E-state index in [4.69, 9.17) is 14.8 Å². The fraction of sp³-hybridized carbons (Fsp3) is 0.242. The summed E-state index contributed by atoms with van der Waals surface area (Å²) < 4.78 is 24.0. The van der Waals surface area contributed by atoms with Crippen LogP contribution >= 0.6 is 11.8 Å². The van der Waals surface area contributed by atoms with Crippen LogP contribution in [0.4, 0.5) is 10.3 Å². The van der Waals surface area contributed by atoms with E-state index in [1.807, 2.05) is 43.3 Å². The molecule has 0 radical (unpaired) electrons. The molecule has 0 saturated heterocycles. The number of ether oxygens (including phenoxy) is 1. The molecule has 1 unspecified atom stereocenters. The summed E-state index contributed by atoms with van der Waals surface area (Å²) >= 11 is 1.35. The predicted octanol–water partition coefficient (Wildman–Crippen LogP) is 7.34. The van der Waals surface area contributed by atoms with Gasteiger partial charge in [0.05, 0.1) is 12.2 Å². The Hall–Kier alpha value is -4.37. The number of anilines is 1. The summed E-state index contributed by atoms with van der Waals surface area (Å²) in [5.41, 5.74) is 4.92. The molecule has 6 rings (SSSR count). The van der Waals surface area contributed by atoms with E-state index < -0.39 is 6.04 Å². The van der Waals surface area contributed by atoms with Crippen molar-refractivity contribution in [3.8, 4) is 0 Å². The molecule has 1 N–H and O–H groups in total. The Bertz CT molecular complexity index is 1760. The largest absolute Gasteiger partial charge is 0.462 e. The Kier molecular flexibility index (Phi) is 8.10. The van der Waals surface area contributed by atoms with E-state index >= 15 is 0 Å². The maximum absolute atomic E-state index is 14.3. The number of carbonyl (C=O) groups is 1. The average Bonchev–Trinajstić information content (AvgIpc) is 3.57. The quantitative estimate of drug-likeness (QED) is 0.106. The van der Waals surface area contributed by atoms with Gasteiger partial charge >= 0.3 is 5.97 Å². The first kappa shape index (κ1) is 27.8. The SMILES string of the molecule is CCCCOC(=O)C1=C(C)Nc2nc(SCc3ccccc3F)nn2C1c1cn(Cc2ccccc2)c2ccccc12. The maximum atomic E-state index is 14.3. The Morgan fingerprint density at radius 2 is 1.81 bits per heavy atom. The molecule has 5 aromatic rings. The van der Waals surface area contributed by atoms with Gasteiger partial charge in [-0.3, -0.25) is 0 Å². The van der Waals surface area contributed by atoms with Crippen molar-refractivity contribution in [1.29, 1.82) is 0 Å². The molecule has 42 heavy (non-hydrogen) atoms. The first-order chi connectivity index (χ1) is 20.5. The molecular weight excluding hydrogens is 549 g/mol. The van der Waals surface area contributed by atoms with Crippen LogP contribution < -0.4 is 5.32 Å². The number of nitrogens with zero attached hydrogens (tertiary/aromatic N) is 4. The van der Waals surface area contributed by atoms with Crippen molar-refractivity contribution in [3.63, 3.8) is 0 Å². The second-order valence-corrected chi connectivity index (χ2v) is 11.3. The number of aromatic nitrogens is 4. The highest BCUT2D eigenvalue weighted by atomic mass is 32.2. The van der Waals surface area contributed by atoms with Gasteiger partial charge in [-0.25, -0.2) is 13.9 Å². The third-order valence-corrected chi connectivity index (χ3v) is 8.29. The summed E-state index contributed by atoms with van der Waals surface area (Å²) in [6, 6.07) is 24.6. The lowest BCUT2D eigenvalue weighted by Crippen LogP contribution is -2.29. The summed E-state index contributed by atoms with van der Waals surface area (Å²) in [6.07, 6.45) is 3.83. The number of esters is 1. The number of allylic oxidation sites excluding steroid dienone is 1. The Labute approximate surface area is 248 Å². The van der Waals surface area contributed by atoms with Gasteiger partial charge in [0.1, 0.15) is 11.9 Å². The molecule has 9 heteroatoms. The van der Waals surface area contributed by atoms with Gasteiger partial charge in [-0.05, 0) is 36.6 Å². The predicted molar refractivity (Wildman–Crippen MR) is 164 cm³/mol. The standard InChI is InChI=1S/C33H32FN5O2S/c1-3-4-18-41-31(40)29-22(2)35-32-36-33(42-21-24-14-8-10-16-27(24)34)37-39(32)30(29)26-20-38(19-23-12-6-5-7-13-23)28-17-11-9-15-25(26)28/h5-17,20,30H,3-4,18-19,21H2,1-2H3,(H,35,36,37). The van der Waals surface area contributed by atoms with Crippen LogP contribution in [0.25, 0.3) is 10.9 Å². The number of hydrogen-bond acceptors (Lipinski definition) is 6. The maximum Gasteiger partial charge on any atom is 0.338 e. The summed E-state index contributed by atoms with van der Waals surface area (Å²) in [4.78, 5) is 18.4. The number of unbranched alkanes of at least 4 members (excludes halogenated alkanes) is 1. The van der Waals surface area contributed by atoms with Crippen LogP contribution in [0.5, 0.6) is 0 Å². The van der Waals surface area contributed by atoms with Crippen LogP contribution in [0.3, 0.4) is 0 Å². The van der Waals surface area contributed by atoms with Crippen molar-refractivity contribution in [1.82, 2.24) is 19.3 Å². The highest BCUT2D eigenvalue weighted by Gasteiger charge is 2.37. The second kappa shape index (κ2) is 12.2. The van der Waals surface area contributed by atoms with Crippen molar-refractivity contribution in [3.05, 3.63) is 119 Å². The third-order valence-electron chi connectivity index (χ3n) is 7.41. The molecule has 0 amide bonds. The van der Waals surface area contributed by atoms with Crippen LogP contribution in [-0.4, -0.2) is 31.9 Å². The summed E-state index contributed by atoms with van der Waals surface area (Å²) in [7, 11) is 0. The fourth-order valence-corrected chi connectivity index (χ4v) is 6.11. The lowest BCUT2D eigenvalue weighted by molar-refractivity contribution is -0.139. The number of fused-ring (bicyclic) bond motifs is 2. The van der Waals surface area contributed by atoms with Crippen LogP contribution in [-0.2, 0) is 21.8 Å². The van der Waals surface area contributed by atoms with E-state index in [1.54, 1.807) is 16.8 Å². The summed E-state index contributed by atoms with van der Waals surface area (Å²) in [5, 5.41) is 9.64. The van der Waals surface area contributed by atoms with Crippen LogP contribution in [0.1, 0.15) is 49.4 Å². The number of hydrogen-bond donors (Lipinski definition) is 1. The molecular formula is C33H32FN5O2S. The Morgan fingerprint density at radius 1 is 1.05 bits per heavy atom. The normalized spacial score (nSPS) is 14.6. The minimum atomic E-state index is -0.562. The highest BCUT2D eigenvalue weighted by molar-refractivity contribution is 7.98. The van der Waals surface area contributed by atoms with Gasteiger partial charge in [-0.2, -0.15) is 4.98 Å². The molecule has 1 aliphatic heterocycles. The van der Waals surface area contributed by atoms with Crippen LogP contribution in [0, 0.1) is 5.82 Å². The molecule has 0 bridgehead atoms. The zero-order valence-corrected chi connectivity index (χ0v) is 24.4. The van der Waals surface area contributed by atoms with Gasteiger partial charge in [-0.1, -0.05) is 91.8 Å². The van der Waals surface area contributed by atoms with Gasteiger partial charge in [-0.15, -0.1) is 5.10 Å². The molecule has 0 saturated carbocycles. The van der Waals surface area contributed by atoms with E-state index in [-0.39, 0.29) is 11.8 Å². The van der Waals surface area contributed by atoms with E-state index in [0.29, 0.717) is 46.8 Å². The molecule has 214 valence electrons. The first-order valence-corrected chi connectivity index (χ1v) is 15.1. The average molecular weight is 582 g/mol. The minimum Gasteiger partial charge on any atom is -0.462 e. The minimum absolute atomic E-state index is 0.258. The van der Waals surface area contributed by atoms with Crippen molar-refractivity contribution in [2.45, 2.75) is 50.2 Å². The molecule has 0 spiro atoms. The van der Waals surface area contributed by atoms with Gasteiger partial charge < -0.3 is 14.6 Å². The van der Waals surface area contributed by atoms with Gasteiger partial charge in [0, 0.05) is 40.7 Å². The first-order valence-electron chi connectivity index (χ1n) is 14.1. The van der Waals surface area contributed by atoms with Crippen LogP contribution in [0.15, 0.2) is 101 Å². The third kappa shape index (κ3) is 5.56. The molecule has 2 aromatic heterocycles. The number of benzene rings is 3. The molecule has 7 nitrogen and oxygen atoms in total. The van der Waals surface area contributed by atoms with Gasteiger partial charge in [0.15, 0.2) is 0 Å². The lowest BCUT2D eigenvalue weighted by Gasteiger charge is -2.27. The summed E-state index contributed by atoms with van der Waals surface area (Å²) in [5.74, 6) is 0.277. The van der Waals surface area contributed by atoms with Gasteiger partial charge in [0.25, 0.3) is 0 Å². The number of nitrogens with one attached hydrogen (secondary N) is 1. The lowest BCUT2D eigenvalue weighted by atomic mass is 9.95. The van der Waals surface area contributed by atoms with E-state index in [0.717, 1.165) is 29.3 Å². The number of thioether (sulfide) groups is 1.